The number of anilines is 5. The summed E-state index contributed by atoms with van der Waals surface area (Å²) >= 11 is 0. The molecule has 1 amide bonds. The lowest BCUT2D eigenvalue weighted by Crippen LogP contribution is -2.42. The van der Waals surface area contributed by atoms with Crippen LogP contribution in [0, 0.1) is 12.7 Å². The maximum Gasteiger partial charge on any atom is 0.247 e. The van der Waals surface area contributed by atoms with Crippen molar-refractivity contribution in [3.63, 3.8) is 0 Å². The summed E-state index contributed by atoms with van der Waals surface area (Å²) in [5, 5.41) is 7.91. The first-order valence-corrected chi connectivity index (χ1v) is 14.1. The molecule has 11 heteroatoms. The van der Waals surface area contributed by atoms with E-state index in [1.807, 2.05) is 18.2 Å². The predicted octanol–water partition coefficient (Wildman–Crippen LogP) is 5.21. The summed E-state index contributed by atoms with van der Waals surface area (Å²) in [6.07, 6.45) is 5.33. The van der Waals surface area contributed by atoms with Crippen LogP contribution >= 0.6 is 0 Å². The van der Waals surface area contributed by atoms with Crippen LogP contribution < -0.4 is 25.3 Å². The van der Waals surface area contributed by atoms with Gasteiger partial charge in [-0.15, -0.1) is 0 Å². The normalized spacial score (nSPS) is 17.4. The molecule has 42 heavy (non-hydrogen) atoms. The van der Waals surface area contributed by atoms with Crippen molar-refractivity contribution in [1.82, 2.24) is 14.9 Å². The maximum atomic E-state index is 15.0. The van der Waals surface area contributed by atoms with Crippen LogP contribution in [0.15, 0.2) is 55.4 Å². The van der Waals surface area contributed by atoms with Crippen molar-refractivity contribution in [1.29, 1.82) is 0 Å². The van der Waals surface area contributed by atoms with E-state index in [1.165, 1.54) is 12.4 Å². The van der Waals surface area contributed by atoms with Gasteiger partial charge in [-0.1, -0.05) is 24.8 Å². The molecule has 3 aromatic rings. The highest BCUT2D eigenvalue weighted by atomic mass is 19.1. The smallest absolute Gasteiger partial charge is 0.247 e. The third-order valence-corrected chi connectivity index (χ3v) is 7.92. The standard InChI is InChI=1S/C31H38FN7O3/c1-6-30(40)36-23-16-24(27(41-5)17-26(23)38-13-10-21(11-14-38)37(3)4)35-28-18-29(34-19-33-28)39-25(12-15-42-39)22-9-7-8-20(2)31(22)32/h6-9,16-19,21,25H,1,10-15H2,2-5H3,(H,36,40)(H,33,34,35). The van der Waals surface area contributed by atoms with E-state index in [0.717, 1.165) is 31.6 Å². The van der Waals surface area contributed by atoms with E-state index in [1.54, 1.807) is 37.3 Å². The molecule has 1 aromatic heterocycles. The minimum Gasteiger partial charge on any atom is -0.494 e. The molecule has 2 fully saturated rings. The average Bonchev–Trinajstić information content (AvgIpc) is 3.49. The molecule has 3 heterocycles. The van der Waals surface area contributed by atoms with Crippen molar-refractivity contribution in [2.45, 2.75) is 38.3 Å². The first-order chi connectivity index (χ1) is 20.3. The number of nitrogens with zero attached hydrogens (tertiary/aromatic N) is 5. The summed E-state index contributed by atoms with van der Waals surface area (Å²) in [5.74, 6) is 1.03. The zero-order valence-electron chi connectivity index (χ0n) is 24.6. The first-order valence-electron chi connectivity index (χ1n) is 14.1. The van der Waals surface area contributed by atoms with Gasteiger partial charge >= 0.3 is 0 Å². The van der Waals surface area contributed by atoms with E-state index in [-0.39, 0.29) is 17.8 Å². The van der Waals surface area contributed by atoms with Gasteiger partial charge in [0.2, 0.25) is 5.91 Å². The molecular weight excluding hydrogens is 537 g/mol. The van der Waals surface area contributed by atoms with Crippen molar-refractivity contribution in [3.05, 3.63) is 72.3 Å². The van der Waals surface area contributed by atoms with Crippen LogP contribution in [0.25, 0.3) is 0 Å². The third-order valence-electron chi connectivity index (χ3n) is 7.92. The highest BCUT2D eigenvalue weighted by molar-refractivity contribution is 6.02. The number of rotatable bonds is 9. The van der Waals surface area contributed by atoms with E-state index in [4.69, 9.17) is 9.57 Å². The number of aryl methyl sites for hydroxylation is 1. The number of nitrogens with one attached hydrogen (secondary N) is 2. The summed E-state index contributed by atoms with van der Waals surface area (Å²) < 4.78 is 20.8. The molecule has 2 N–H and O–H groups in total. The molecule has 10 nitrogen and oxygen atoms in total. The molecule has 5 rings (SSSR count). The lowest BCUT2D eigenvalue weighted by molar-refractivity contribution is -0.111. The second-order valence-corrected chi connectivity index (χ2v) is 10.8. The number of benzene rings is 2. The van der Waals surface area contributed by atoms with Crippen LogP contribution in [0.1, 0.15) is 36.4 Å². The Morgan fingerprint density at radius 1 is 1.17 bits per heavy atom. The van der Waals surface area contributed by atoms with Crippen LogP contribution in [0.3, 0.4) is 0 Å². The van der Waals surface area contributed by atoms with Gasteiger partial charge < -0.3 is 25.2 Å². The van der Waals surface area contributed by atoms with Gasteiger partial charge in [0.05, 0.1) is 36.8 Å². The summed E-state index contributed by atoms with van der Waals surface area (Å²) in [4.78, 5) is 31.6. The zero-order valence-corrected chi connectivity index (χ0v) is 24.6. The summed E-state index contributed by atoms with van der Waals surface area (Å²) in [6, 6.07) is 11.1. The van der Waals surface area contributed by atoms with Crippen molar-refractivity contribution >= 4 is 34.6 Å². The van der Waals surface area contributed by atoms with Crippen molar-refractivity contribution in [2.24, 2.45) is 0 Å². The fourth-order valence-electron chi connectivity index (χ4n) is 5.58. The Bertz CT molecular complexity index is 1440. The number of hydroxylamine groups is 1. The van der Waals surface area contributed by atoms with Crippen LogP contribution in [0.4, 0.5) is 33.1 Å². The quantitative estimate of drug-likeness (QED) is 0.333. The summed E-state index contributed by atoms with van der Waals surface area (Å²) in [5.41, 5.74) is 3.27. The van der Waals surface area contributed by atoms with Gasteiger partial charge in [0.25, 0.3) is 0 Å². The minimum absolute atomic E-state index is 0.240. The van der Waals surface area contributed by atoms with Gasteiger partial charge in [0.15, 0.2) is 5.82 Å². The Hall–Kier alpha value is -4.22. The SMILES string of the molecule is C=CC(=O)Nc1cc(Nc2cc(N3OCCC3c3cccc(C)c3F)ncn2)c(OC)cc1N1CCC(N(C)C)CC1. The van der Waals surface area contributed by atoms with Gasteiger partial charge in [-0.3, -0.25) is 9.63 Å². The number of aromatic nitrogens is 2. The number of carbonyl (C=O) groups is 1. The predicted molar refractivity (Wildman–Crippen MR) is 163 cm³/mol. The Kier molecular flexibility index (Phi) is 8.89. The number of piperidine rings is 1. The monoisotopic (exact) mass is 575 g/mol. The van der Waals surface area contributed by atoms with Crippen LogP contribution in [-0.4, -0.2) is 67.7 Å². The van der Waals surface area contributed by atoms with Crippen molar-refractivity contribution in [2.75, 3.05) is 61.5 Å². The molecule has 0 spiro atoms. The Morgan fingerprint density at radius 2 is 1.95 bits per heavy atom. The lowest BCUT2D eigenvalue weighted by Gasteiger charge is -2.37. The highest BCUT2D eigenvalue weighted by Gasteiger charge is 2.32. The van der Waals surface area contributed by atoms with Crippen LogP contribution in [0.2, 0.25) is 0 Å². The largest absolute Gasteiger partial charge is 0.494 e. The molecule has 222 valence electrons. The van der Waals surface area contributed by atoms with Crippen LogP contribution in [0.5, 0.6) is 5.75 Å². The molecule has 2 aromatic carbocycles. The Balaban J connectivity index is 1.43. The number of methoxy groups -OCH3 is 1. The van der Waals surface area contributed by atoms with Crippen molar-refractivity contribution in [3.8, 4) is 5.75 Å². The van der Waals surface area contributed by atoms with Crippen LogP contribution in [-0.2, 0) is 9.63 Å². The number of carbonyl (C=O) groups excluding carboxylic acids is 1. The molecule has 0 bridgehead atoms. The molecule has 1 unspecified atom stereocenters. The van der Waals surface area contributed by atoms with Gasteiger partial charge in [-0.2, -0.15) is 0 Å². The zero-order chi connectivity index (χ0) is 29.8. The van der Waals surface area contributed by atoms with Gasteiger partial charge in [-0.05, 0) is 51.6 Å². The molecule has 0 radical (unpaired) electrons. The maximum absolute atomic E-state index is 15.0. The average molecular weight is 576 g/mol. The van der Waals surface area contributed by atoms with Gasteiger partial charge in [0, 0.05) is 43.2 Å². The molecular formula is C31H38FN7O3. The Morgan fingerprint density at radius 3 is 2.67 bits per heavy atom. The van der Waals surface area contributed by atoms with Crippen molar-refractivity contribution < 1.29 is 18.8 Å². The second-order valence-electron chi connectivity index (χ2n) is 10.8. The molecule has 2 saturated heterocycles. The van der Waals surface area contributed by atoms with E-state index in [9.17, 15) is 9.18 Å². The van der Waals surface area contributed by atoms with E-state index in [0.29, 0.717) is 59.0 Å². The second kappa shape index (κ2) is 12.7. The molecule has 2 aliphatic heterocycles. The number of amides is 1. The van der Waals surface area contributed by atoms with E-state index < -0.39 is 0 Å². The van der Waals surface area contributed by atoms with E-state index >= 15 is 0 Å². The number of halogens is 1. The molecule has 2 aliphatic rings. The molecule has 1 atom stereocenters. The molecule has 0 saturated carbocycles. The number of hydrogen-bond acceptors (Lipinski definition) is 9. The number of ether oxygens (including phenoxy) is 1. The third kappa shape index (κ3) is 6.17. The summed E-state index contributed by atoms with van der Waals surface area (Å²) in [7, 11) is 5.82. The first kappa shape index (κ1) is 29.3. The Labute approximate surface area is 246 Å². The minimum atomic E-state index is -0.321. The highest BCUT2D eigenvalue weighted by Crippen LogP contribution is 2.40. The molecule has 0 aliphatic carbocycles. The number of hydrogen-bond donors (Lipinski definition) is 2. The lowest BCUT2D eigenvalue weighted by atomic mass is 10.0. The fraction of sp³-hybridized carbons (Fsp3) is 0.387. The van der Waals surface area contributed by atoms with Gasteiger partial charge in [0.1, 0.15) is 23.7 Å². The summed E-state index contributed by atoms with van der Waals surface area (Å²) in [6.45, 7) is 7.51. The van der Waals surface area contributed by atoms with Gasteiger partial charge in [-0.25, -0.2) is 19.4 Å². The van der Waals surface area contributed by atoms with E-state index in [2.05, 4.69) is 51.1 Å². The fourth-order valence-corrected chi connectivity index (χ4v) is 5.58. The topological polar surface area (TPSA) is 95.1 Å².